The zero-order valence-corrected chi connectivity index (χ0v) is 19.9. The highest BCUT2D eigenvalue weighted by Crippen LogP contribution is 2.02. The number of carboxylic acids is 2. The van der Waals surface area contributed by atoms with Gasteiger partial charge in [-0.1, -0.05) is 27.7 Å². The van der Waals surface area contributed by atoms with Gasteiger partial charge in [0.15, 0.2) is 0 Å². The summed E-state index contributed by atoms with van der Waals surface area (Å²) in [5.74, 6) is -3.09. The highest BCUT2D eigenvalue weighted by atomic mass is 16.4. The lowest BCUT2D eigenvalue weighted by Crippen LogP contribution is -2.54. The minimum absolute atomic E-state index is 0.00258. The average molecular weight is 460 g/mol. The molecule has 0 aromatic heterocycles. The molecule has 2 amide bonds. The molecule has 0 saturated heterocycles. The molecular formula is C21H41N5O6. The van der Waals surface area contributed by atoms with Gasteiger partial charge in [-0.25, -0.2) is 4.79 Å². The van der Waals surface area contributed by atoms with E-state index in [1.54, 1.807) is 0 Å². The van der Waals surface area contributed by atoms with E-state index in [4.69, 9.17) is 5.11 Å². The third-order valence-electron chi connectivity index (χ3n) is 4.86. The normalized spacial score (nSPS) is 14.9. The Morgan fingerprint density at radius 3 is 2.00 bits per heavy atom. The van der Waals surface area contributed by atoms with Gasteiger partial charge in [0.25, 0.3) is 0 Å². The van der Waals surface area contributed by atoms with Crippen LogP contribution in [-0.2, 0) is 19.2 Å². The van der Waals surface area contributed by atoms with Gasteiger partial charge in [0.2, 0.25) is 11.8 Å². The molecule has 186 valence electrons. The Labute approximate surface area is 190 Å². The highest BCUT2D eigenvalue weighted by molar-refractivity contribution is 5.87. The Morgan fingerprint density at radius 1 is 0.844 bits per heavy atom. The second kappa shape index (κ2) is 16.4. The summed E-state index contributed by atoms with van der Waals surface area (Å²) in [4.78, 5) is 47.6. The predicted octanol–water partition coefficient (Wildman–Crippen LogP) is -0.340. The van der Waals surface area contributed by atoms with E-state index in [0.717, 1.165) is 6.42 Å². The van der Waals surface area contributed by atoms with Crippen molar-refractivity contribution < 1.29 is 29.4 Å². The molecule has 0 aliphatic carbocycles. The molecule has 11 heteroatoms. The molecule has 0 aromatic carbocycles. The number of hydrogen-bond donors (Lipinski definition) is 7. The molecule has 11 nitrogen and oxygen atoms in total. The maximum atomic E-state index is 12.5. The molecule has 32 heavy (non-hydrogen) atoms. The number of hydrogen-bond acceptors (Lipinski definition) is 7. The summed E-state index contributed by atoms with van der Waals surface area (Å²) in [5.41, 5.74) is 0. The third-order valence-corrected chi connectivity index (χ3v) is 4.86. The van der Waals surface area contributed by atoms with Crippen LogP contribution < -0.4 is 26.6 Å². The Morgan fingerprint density at radius 2 is 1.50 bits per heavy atom. The van der Waals surface area contributed by atoms with Crippen molar-refractivity contribution in [3.05, 3.63) is 0 Å². The lowest BCUT2D eigenvalue weighted by atomic mass is 10.1. The SMILES string of the molecule is CCNC[C@H](NC(C)CC)C(=O)NCCC(NC(=O)[C@H](CCC(=O)O)NC(C)C)C(=O)O. The molecular weight excluding hydrogens is 418 g/mol. The van der Waals surface area contributed by atoms with Crippen molar-refractivity contribution in [2.24, 2.45) is 0 Å². The van der Waals surface area contributed by atoms with Crippen molar-refractivity contribution in [3.63, 3.8) is 0 Å². The number of carbonyl (C=O) groups excluding carboxylic acids is 2. The molecule has 7 N–H and O–H groups in total. The summed E-state index contributed by atoms with van der Waals surface area (Å²) >= 11 is 0. The van der Waals surface area contributed by atoms with Gasteiger partial charge in [0.05, 0.1) is 12.1 Å². The summed E-state index contributed by atoms with van der Waals surface area (Å²) < 4.78 is 0. The van der Waals surface area contributed by atoms with Gasteiger partial charge < -0.3 is 36.8 Å². The number of amides is 2. The first-order valence-electron chi connectivity index (χ1n) is 11.3. The minimum atomic E-state index is -1.23. The Bertz CT molecular complexity index is 601. The first-order valence-corrected chi connectivity index (χ1v) is 11.3. The van der Waals surface area contributed by atoms with Gasteiger partial charge in [-0.3, -0.25) is 14.4 Å². The fourth-order valence-electron chi connectivity index (χ4n) is 2.93. The van der Waals surface area contributed by atoms with Crippen molar-refractivity contribution in [1.82, 2.24) is 26.6 Å². The Kier molecular flexibility index (Phi) is 15.3. The van der Waals surface area contributed by atoms with Gasteiger partial charge in [-0.15, -0.1) is 0 Å². The fourth-order valence-corrected chi connectivity index (χ4v) is 2.93. The number of carbonyl (C=O) groups is 4. The van der Waals surface area contributed by atoms with Crippen molar-refractivity contribution in [2.75, 3.05) is 19.6 Å². The lowest BCUT2D eigenvalue weighted by Gasteiger charge is -2.24. The highest BCUT2D eigenvalue weighted by Gasteiger charge is 2.26. The number of nitrogens with one attached hydrogen (secondary N) is 5. The van der Waals surface area contributed by atoms with E-state index in [2.05, 4.69) is 26.6 Å². The first-order chi connectivity index (χ1) is 15.0. The molecule has 0 spiro atoms. The average Bonchev–Trinajstić information content (AvgIpc) is 2.72. The quantitative estimate of drug-likeness (QED) is 0.145. The molecule has 0 aliphatic rings. The van der Waals surface area contributed by atoms with Crippen LogP contribution in [0, 0.1) is 0 Å². The zero-order valence-electron chi connectivity index (χ0n) is 19.9. The molecule has 0 heterocycles. The smallest absolute Gasteiger partial charge is 0.326 e. The van der Waals surface area contributed by atoms with Gasteiger partial charge in [0.1, 0.15) is 6.04 Å². The molecule has 0 radical (unpaired) electrons. The molecule has 0 fully saturated rings. The van der Waals surface area contributed by atoms with E-state index in [9.17, 15) is 24.3 Å². The van der Waals surface area contributed by atoms with Gasteiger partial charge in [-0.05, 0) is 32.7 Å². The molecule has 0 aromatic rings. The maximum absolute atomic E-state index is 12.5. The van der Waals surface area contributed by atoms with Crippen LogP contribution in [0.5, 0.6) is 0 Å². The second-order valence-electron chi connectivity index (χ2n) is 8.12. The van der Waals surface area contributed by atoms with E-state index in [0.29, 0.717) is 13.1 Å². The largest absolute Gasteiger partial charge is 0.481 e. The predicted molar refractivity (Wildman–Crippen MR) is 121 cm³/mol. The van der Waals surface area contributed by atoms with E-state index in [1.807, 2.05) is 34.6 Å². The van der Waals surface area contributed by atoms with Gasteiger partial charge in [0, 0.05) is 31.6 Å². The summed E-state index contributed by atoms with van der Waals surface area (Å²) in [6.07, 6.45) is 0.672. The number of aliphatic carboxylic acids is 2. The molecule has 0 bridgehead atoms. The lowest BCUT2D eigenvalue weighted by molar-refractivity contribution is -0.143. The molecule has 2 unspecified atom stereocenters. The van der Waals surface area contributed by atoms with Crippen LogP contribution in [0.25, 0.3) is 0 Å². The Balaban J connectivity index is 4.89. The van der Waals surface area contributed by atoms with Crippen LogP contribution in [0.2, 0.25) is 0 Å². The van der Waals surface area contributed by atoms with Crippen molar-refractivity contribution in [2.45, 2.75) is 90.5 Å². The van der Waals surface area contributed by atoms with E-state index in [-0.39, 0.29) is 43.8 Å². The van der Waals surface area contributed by atoms with E-state index < -0.39 is 36.0 Å². The maximum Gasteiger partial charge on any atom is 0.326 e. The summed E-state index contributed by atoms with van der Waals surface area (Å²) in [6.45, 7) is 10.8. The minimum Gasteiger partial charge on any atom is -0.481 e. The summed E-state index contributed by atoms with van der Waals surface area (Å²) in [6, 6.07) is -2.44. The van der Waals surface area contributed by atoms with Crippen LogP contribution in [0.3, 0.4) is 0 Å². The van der Waals surface area contributed by atoms with Crippen molar-refractivity contribution >= 4 is 23.8 Å². The molecule has 4 atom stereocenters. The van der Waals surface area contributed by atoms with Crippen LogP contribution in [0.15, 0.2) is 0 Å². The first kappa shape index (κ1) is 29.8. The summed E-state index contributed by atoms with van der Waals surface area (Å²) in [5, 5.41) is 32.9. The van der Waals surface area contributed by atoms with Crippen molar-refractivity contribution in [1.29, 1.82) is 0 Å². The summed E-state index contributed by atoms with van der Waals surface area (Å²) in [7, 11) is 0. The van der Waals surface area contributed by atoms with Crippen LogP contribution in [0.1, 0.15) is 60.3 Å². The molecule has 0 aliphatic heterocycles. The number of carboxylic acid groups (broad SMARTS) is 2. The third kappa shape index (κ3) is 13.2. The monoisotopic (exact) mass is 459 g/mol. The fraction of sp³-hybridized carbons (Fsp3) is 0.810. The molecule has 0 saturated carbocycles. The van der Waals surface area contributed by atoms with Crippen molar-refractivity contribution in [3.8, 4) is 0 Å². The number of rotatable bonds is 18. The topological polar surface area (TPSA) is 169 Å². The van der Waals surface area contributed by atoms with Gasteiger partial charge in [-0.2, -0.15) is 0 Å². The number of likely N-dealkylation sites (N-methyl/N-ethyl adjacent to an activating group) is 1. The standard InChI is InChI=1S/C21H41N5O6/c1-6-14(5)25-17(12-22-7-2)19(29)23-11-10-16(21(31)32)26-20(30)15(24-13(3)4)8-9-18(27)28/h13-17,22,24-25H,6-12H2,1-5H3,(H,23,29)(H,26,30)(H,27,28)(H,31,32)/t14?,15-,16?,17-/m0/s1. The molecule has 0 rings (SSSR count). The zero-order chi connectivity index (χ0) is 24.7. The van der Waals surface area contributed by atoms with Crippen LogP contribution in [-0.4, -0.2) is 83.8 Å². The Hall–Kier alpha value is -2.24. The van der Waals surface area contributed by atoms with Crippen LogP contribution >= 0.6 is 0 Å². The van der Waals surface area contributed by atoms with E-state index >= 15 is 0 Å². The van der Waals surface area contributed by atoms with Gasteiger partial charge >= 0.3 is 11.9 Å². The van der Waals surface area contributed by atoms with E-state index in [1.165, 1.54) is 0 Å². The van der Waals surface area contributed by atoms with Crippen LogP contribution in [0.4, 0.5) is 0 Å². The second-order valence-corrected chi connectivity index (χ2v) is 8.12.